The molecule has 4 rings (SSSR count). The number of nitrogens with zero attached hydrogens (tertiary/aromatic N) is 2. The highest BCUT2D eigenvalue weighted by Crippen LogP contribution is 2.30. The van der Waals surface area contributed by atoms with Gasteiger partial charge in [-0.3, -0.25) is 9.52 Å². The van der Waals surface area contributed by atoms with Gasteiger partial charge in [0.2, 0.25) is 5.91 Å². The average molecular weight is 464 g/mol. The SMILES string of the molecule is COc1ccc(C)c(Nc2nc3ccccc3nc2NS(=O)(=O)c2ccc(C(N)=O)cc2)c1. The highest BCUT2D eigenvalue weighted by molar-refractivity contribution is 7.92. The fourth-order valence-corrected chi connectivity index (χ4v) is 4.14. The van der Waals surface area contributed by atoms with Gasteiger partial charge in [-0.1, -0.05) is 18.2 Å². The molecule has 1 aromatic heterocycles. The van der Waals surface area contributed by atoms with Crippen LogP contribution in [0.15, 0.2) is 71.6 Å². The van der Waals surface area contributed by atoms with Crippen molar-refractivity contribution in [2.75, 3.05) is 17.1 Å². The zero-order valence-electron chi connectivity index (χ0n) is 17.9. The van der Waals surface area contributed by atoms with Gasteiger partial charge < -0.3 is 15.8 Å². The van der Waals surface area contributed by atoms with Crippen LogP contribution >= 0.6 is 0 Å². The van der Waals surface area contributed by atoms with E-state index < -0.39 is 15.9 Å². The number of hydrogen-bond donors (Lipinski definition) is 3. The summed E-state index contributed by atoms with van der Waals surface area (Å²) in [5.41, 5.74) is 8.14. The molecule has 33 heavy (non-hydrogen) atoms. The van der Waals surface area contributed by atoms with Crippen molar-refractivity contribution < 1.29 is 17.9 Å². The number of aryl methyl sites for hydroxylation is 1. The van der Waals surface area contributed by atoms with E-state index in [0.29, 0.717) is 22.5 Å². The molecule has 0 spiro atoms. The third-order valence-electron chi connectivity index (χ3n) is 4.95. The summed E-state index contributed by atoms with van der Waals surface area (Å²) in [6.45, 7) is 1.90. The molecule has 0 aliphatic rings. The molecule has 0 aliphatic heterocycles. The summed E-state index contributed by atoms with van der Waals surface area (Å²) >= 11 is 0. The van der Waals surface area contributed by atoms with E-state index in [9.17, 15) is 13.2 Å². The van der Waals surface area contributed by atoms with Crippen LogP contribution in [0.5, 0.6) is 5.75 Å². The fraction of sp³-hybridized carbons (Fsp3) is 0.0870. The Bertz CT molecular complexity index is 1450. The zero-order valence-corrected chi connectivity index (χ0v) is 18.7. The number of anilines is 3. The summed E-state index contributed by atoms with van der Waals surface area (Å²) < 4.78 is 33.9. The molecule has 0 radical (unpaired) electrons. The molecule has 0 bridgehead atoms. The quantitative estimate of drug-likeness (QED) is 0.381. The van der Waals surface area contributed by atoms with Crippen LogP contribution < -0.4 is 20.5 Å². The highest BCUT2D eigenvalue weighted by atomic mass is 32.2. The summed E-state index contributed by atoms with van der Waals surface area (Å²) in [6, 6.07) is 17.9. The van der Waals surface area contributed by atoms with Gasteiger partial charge >= 0.3 is 0 Å². The Labute approximate surface area is 190 Å². The van der Waals surface area contributed by atoms with E-state index in [0.717, 1.165) is 5.56 Å². The number of rotatable bonds is 7. The molecule has 1 heterocycles. The van der Waals surface area contributed by atoms with Gasteiger partial charge in [0.15, 0.2) is 11.6 Å². The van der Waals surface area contributed by atoms with Gasteiger partial charge in [0.25, 0.3) is 10.0 Å². The van der Waals surface area contributed by atoms with Gasteiger partial charge in [-0.2, -0.15) is 0 Å². The molecule has 0 fully saturated rings. The van der Waals surface area contributed by atoms with Crippen molar-refractivity contribution in [3.05, 3.63) is 77.9 Å². The topological polar surface area (TPSA) is 136 Å². The van der Waals surface area contributed by atoms with Crippen LogP contribution in [0.2, 0.25) is 0 Å². The largest absolute Gasteiger partial charge is 0.497 e. The van der Waals surface area contributed by atoms with Gasteiger partial charge in [0.05, 0.1) is 23.0 Å². The van der Waals surface area contributed by atoms with Crippen LogP contribution in [0.3, 0.4) is 0 Å². The second-order valence-electron chi connectivity index (χ2n) is 7.21. The predicted molar refractivity (Wildman–Crippen MR) is 126 cm³/mol. The van der Waals surface area contributed by atoms with E-state index in [1.807, 2.05) is 25.1 Å². The lowest BCUT2D eigenvalue weighted by Crippen LogP contribution is -2.17. The van der Waals surface area contributed by atoms with Crippen LogP contribution in [0, 0.1) is 6.92 Å². The second-order valence-corrected chi connectivity index (χ2v) is 8.89. The average Bonchev–Trinajstić information content (AvgIpc) is 2.80. The number of nitrogens with two attached hydrogens (primary N) is 1. The number of hydrogen-bond acceptors (Lipinski definition) is 7. The van der Waals surface area contributed by atoms with Gasteiger partial charge in [0, 0.05) is 17.3 Å². The van der Waals surface area contributed by atoms with Crippen molar-refractivity contribution in [3.63, 3.8) is 0 Å². The monoisotopic (exact) mass is 463 g/mol. The number of aromatic nitrogens is 2. The molecule has 0 aliphatic carbocycles. The summed E-state index contributed by atoms with van der Waals surface area (Å²) in [7, 11) is -2.47. The second kappa shape index (κ2) is 8.75. The van der Waals surface area contributed by atoms with Crippen LogP contribution in [-0.2, 0) is 10.0 Å². The summed E-state index contributed by atoms with van der Waals surface area (Å²) in [5.74, 6) is 0.234. The van der Waals surface area contributed by atoms with Crippen LogP contribution in [-0.4, -0.2) is 31.4 Å². The first-order valence-corrected chi connectivity index (χ1v) is 11.4. The van der Waals surface area contributed by atoms with E-state index in [4.69, 9.17) is 10.5 Å². The van der Waals surface area contributed by atoms with E-state index in [1.54, 1.807) is 31.4 Å². The maximum absolute atomic E-state index is 13.0. The van der Waals surface area contributed by atoms with Crippen LogP contribution in [0.25, 0.3) is 11.0 Å². The number of amides is 1. The molecule has 168 valence electrons. The normalized spacial score (nSPS) is 11.2. The number of para-hydroxylation sites is 2. The minimum atomic E-state index is -4.03. The molecular formula is C23H21N5O4S. The number of methoxy groups -OCH3 is 1. The predicted octanol–water partition coefficient (Wildman–Crippen LogP) is 3.59. The summed E-state index contributed by atoms with van der Waals surface area (Å²) in [6.07, 6.45) is 0. The zero-order chi connectivity index (χ0) is 23.6. The Hall–Kier alpha value is -4.18. The van der Waals surface area contributed by atoms with Gasteiger partial charge in [-0.25, -0.2) is 18.4 Å². The number of ether oxygens (including phenoxy) is 1. The lowest BCUT2D eigenvalue weighted by Gasteiger charge is -2.15. The fourth-order valence-electron chi connectivity index (χ4n) is 3.13. The van der Waals surface area contributed by atoms with Crippen molar-refractivity contribution in [2.45, 2.75) is 11.8 Å². The summed E-state index contributed by atoms with van der Waals surface area (Å²) in [4.78, 5) is 20.3. The molecule has 9 nitrogen and oxygen atoms in total. The molecule has 0 atom stereocenters. The molecule has 3 aromatic carbocycles. The number of benzene rings is 3. The first kappa shape index (κ1) is 22.0. The third kappa shape index (κ3) is 4.70. The number of primary amides is 1. The lowest BCUT2D eigenvalue weighted by molar-refractivity contribution is 0.1000. The molecule has 1 amide bonds. The first-order valence-electron chi connectivity index (χ1n) is 9.88. The van der Waals surface area contributed by atoms with Crippen LogP contribution in [0.1, 0.15) is 15.9 Å². The third-order valence-corrected chi connectivity index (χ3v) is 6.30. The molecule has 4 N–H and O–H groups in total. The minimum Gasteiger partial charge on any atom is -0.497 e. The maximum atomic E-state index is 13.0. The standard InChI is InChI=1S/C23H21N5O4S/c1-14-7-10-16(32-2)13-20(14)27-22-23(26-19-6-4-3-5-18(19)25-22)28-33(30,31)17-11-8-15(9-12-17)21(24)29/h3-13H,1-2H3,(H2,24,29)(H,25,27)(H,26,28). The molecular weight excluding hydrogens is 442 g/mol. The van der Waals surface area contributed by atoms with E-state index in [-0.39, 0.29) is 22.1 Å². The van der Waals surface area contributed by atoms with Crippen LogP contribution in [0.4, 0.5) is 17.3 Å². The number of carbonyl (C=O) groups excluding carboxylic acids is 1. The Morgan fingerprint density at radius 1 is 0.939 bits per heavy atom. The van der Waals surface area contributed by atoms with E-state index in [2.05, 4.69) is 20.0 Å². The van der Waals surface area contributed by atoms with E-state index >= 15 is 0 Å². The van der Waals surface area contributed by atoms with Crippen molar-refractivity contribution in [2.24, 2.45) is 5.73 Å². The Kier molecular flexibility index (Phi) is 5.84. The lowest BCUT2D eigenvalue weighted by atomic mass is 10.2. The Balaban J connectivity index is 1.77. The number of sulfonamides is 1. The first-order chi connectivity index (χ1) is 15.8. The minimum absolute atomic E-state index is 0.0231. The number of fused-ring (bicyclic) bond motifs is 1. The van der Waals surface area contributed by atoms with Crippen molar-refractivity contribution in [1.29, 1.82) is 0 Å². The van der Waals surface area contributed by atoms with Gasteiger partial charge in [-0.15, -0.1) is 0 Å². The smallest absolute Gasteiger partial charge is 0.263 e. The summed E-state index contributed by atoms with van der Waals surface area (Å²) in [5, 5.41) is 3.16. The van der Waals surface area contributed by atoms with Crippen molar-refractivity contribution in [1.82, 2.24) is 9.97 Å². The van der Waals surface area contributed by atoms with Crippen molar-refractivity contribution in [3.8, 4) is 5.75 Å². The molecule has 4 aromatic rings. The maximum Gasteiger partial charge on any atom is 0.263 e. The molecule has 0 unspecified atom stereocenters. The number of carbonyl (C=O) groups is 1. The molecule has 10 heteroatoms. The van der Waals surface area contributed by atoms with Gasteiger partial charge in [-0.05, 0) is 55.0 Å². The number of nitrogens with one attached hydrogen (secondary N) is 2. The Morgan fingerprint density at radius 3 is 2.18 bits per heavy atom. The van der Waals surface area contributed by atoms with E-state index in [1.165, 1.54) is 24.3 Å². The Morgan fingerprint density at radius 2 is 1.58 bits per heavy atom. The molecule has 0 saturated heterocycles. The van der Waals surface area contributed by atoms with Crippen molar-refractivity contribution >= 4 is 44.3 Å². The highest BCUT2D eigenvalue weighted by Gasteiger charge is 2.20. The van der Waals surface area contributed by atoms with Gasteiger partial charge in [0.1, 0.15) is 5.75 Å². The molecule has 0 saturated carbocycles.